The van der Waals surface area contributed by atoms with Crippen molar-refractivity contribution in [3.63, 3.8) is 0 Å². The molecule has 0 aromatic rings. The average Bonchev–Trinajstić information content (AvgIpc) is 2.25. The fraction of sp³-hybridized carbons (Fsp3) is 0.200. The molecule has 0 fully saturated rings. The second kappa shape index (κ2) is 2.68. The summed E-state index contributed by atoms with van der Waals surface area (Å²) in [6.07, 6.45) is 0.831. The molecule has 66 valence electrons. The molecule has 0 radical (unpaired) electrons. The smallest absolute Gasteiger partial charge is 0.355 e. The van der Waals surface area contributed by atoms with Crippen LogP contribution in [-0.4, -0.2) is 36.9 Å². The lowest BCUT2D eigenvalue weighted by Crippen LogP contribution is -2.07. The number of aliphatic hydroxyl groups is 1. The SMILES string of the molecule is O=C(O)C1=NS(=O)(=O)C(CO)=C1. The monoisotopic (exact) mass is 191 g/mol. The Balaban J connectivity index is 3.17. The first-order chi connectivity index (χ1) is 5.47. The number of nitrogens with zero attached hydrogens (tertiary/aromatic N) is 1. The zero-order valence-corrected chi connectivity index (χ0v) is 6.58. The Labute approximate surface area is 67.9 Å². The number of carboxylic acids is 1. The number of carbonyl (C=O) groups is 1. The van der Waals surface area contributed by atoms with Crippen LogP contribution in [0.15, 0.2) is 15.4 Å². The van der Waals surface area contributed by atoms with E-state index in [-0.39, 0.29) is 4.91 Å². The van der Waals surface area contributed by atoms with E-state index in [2.05, 4.69) is 4.40 Å². The summed E-state index contributed by atoms with van der Waals surface area (Å²) in [4.78, 5) is 9.84. The van der Waals surface area contributed by atoms with Gasteiger partial charge in [-0.2, -0.15) is 12.8 Å². The first-order valence-electron chi connectivity index (χ1n) is 2.87. The molecule has 1 aliphatic heterocycles. The minimum absolute atomic E-state index is 0.389. The van der Waals surface area contributed by atoms with Gasteiger partial charge in [-0.15, -0.1) is 0 Å². The highest BCUT2D eigenvalue weighted by atomic mass is 32.2. The zero-order chi connectivity index (χ0) is 9.35. The van der Waals surface area contributed by atoms with E-state index < -0.39 is 28.3 Å². The van der Waals surface area contributed by atoms with Gasteiger partial charge in [0.25, 0.3) is 10.0 Å². The van der Waals surface area contributed by atoms with Crippen molar-refractivity contribution in [2.75, 3.05) is 6.61 Å². The van der Waals surface area contributed by atoms with Gasteiger partial charge in [0.2, 0.25) is 0 Å². The highest BCUT2D eigenvalue weighted by Gasteiger charge is 2.26. The van der Waals surface area contributed by atoms with Crippen LogP contribution in [0.4, 0.5) is 0 Å². The lowest BCUT2D eigenvalue weighted by Gasteiger charge is -1.90. The summed E-state index contributed by atoms with van der Waals surface area (Å²) in [6.45, 7) is -0.734. The third-order valence-corrected chi connectivity index (χ3v) is 2.57. The van der Waals surface area contributed by atoms with E-state index in [1.54, 1.807) is 0 Å². The van der Waals surface area contributed by atoms with Crippen molar-refractivity contribution < 1.29 is 23.4 Å². The van der Waals surface area contributed by atoms with E-state index in [9.17, 15) is 13.2 Å². The molecule has 0 aliphatic carbocycles. The first kappa shape index (κ1) is 8.88. The van der Waals surface area contributed by atoms with Gasteiger partial charge < -0.3 is 10.2 Å². The van der Waals surface area contributed by atoms with Crippen LogP contribution in [0.1, 0.15) is 0 Å². The maximum atomic E-state index is 10.8. The van der Waals surface area contributed by atoms with Crippen LogP contribution in [0.3, 0.4) is 0 Å². The van der Waals surface area contributed by atoms with E-state index in [4.69, 9.17) is 10.2 Å². The van der Waals surface area contributed by atoms with Crippen molar-refractivity contribution in [2.45, 2.75) is 0 Å². The molecule has 1 heterocycles. The van der Waals surface area contributed by atoms with Gasteiger partial charge in [0.15, 0.2) is 5.71 Å². The molecule has 1 rings (SSSR count). The van der Waals surface area contributed by atoms with Crippen molar-refractivity contribution in [2.24, 2.45) is 4.40 Å². The van der Waals surface area contributed by atoms with Gasteiger partial charge in [0.1, 0.15) is 0 Å². The quantitative estimate of drug-likeness (QED) is 0.566. The van der Waals surface area contributed by atoms with Crippen LogP contribution in [0.2, 0.25) is 0 Å². The number of aliphatic carboxylic acids is 1. The standard InChI is InChI=1S/C5H5NO5S/c7-2-3-1-4(5(8)9)6-12(3,10)11/h1,7H,2H2,(H,8,9). The highest BCUT2D eigenvalue weighted by Crippen LogP contribution is 2.15. The van der Waals surface area contributed by atoms with Crippen LogP contribution in [0.5, 0.6) is 0 Å². The molecule has 7 heteroatoms. The number of carboxylic acid groups (broad SMARTS) is 1. The van der Waals surface area contributed by atoms with Crippen molar-refractivity contribution in [1.82, 2.24) is 0 Å². The fourth-order valence-corrected chi connectivity index (χ4v) is 1.60. The van der Waals surface area contributed by atoms with Crippen molar-refractivity contribution in [3.8, 4) is 0 Å². The van der Waals surface area contributed by atoms with Gasteiger partial charge in [-0.05, 0) is 6.08 Å². The van der Waals surface area contributed by atoms with Crippen LogP contribution in [0, 0.1) is 0 Å². The highest BCUT2D eigenvalue weighted by molar-refractivity contribution is 7.94. The molecule has 12 heavy (non-hydrogen) atoms. The largest absolute Gasteiger partial charge is 0.476 e. The van der Waals surface area contributed by atoms with Gasteiger partial charge in [-0.3, -0.25) is 0 Å². The summed E-state index contributed by atoms with van der Waals surface area (Å²) in [6, 6.07) is 0. The second-order valence-corrected chi connectivity index (χ2v) is 3.68. The third kappa shape index (κ3) is 1.36. The van der Waals surface area contributed by atoms with Crippen LogP contribution in [-0.2, 0) is 14.8 Å². The Morgan fingerprint density at radius 2 is 2.17 bits per heavy atom. The Morgan fingerprint density at radius 3 is 2.42 bits per heavy atom. The molecule has 0 aromatic heterocycles. The molecule has 0 atom stereocenters. The molecule has 0 saturated heterocycles. The van der Waals surface area contributed by atoms with Crippen molar-refractivity contribution >= 4 is 21.7 Å². The van der Waals surface area contributed by atoms with Gasteiger partial charge in [-0.1, -0.05) is 0 Å². The zero-order valence-electron chi connectivity index (χ0n) is 5.76. The Morgan fingerprint density at radius 1 is 1.58 bits per heavy atom. The molecule has 0 spiro atoms. The average molecular weight is 191 g/mol. The van der Waals surface area contributed by atoms with Crippen molar-refractivity contribution in [3.05, 3.63) is 11.0 Å². The maximum absolute atomic E-state index is 10.8. The van der Waals surface area contributed by atoms with Crippen LogP contribution in [0.25, 0.3) is 0 Å². The molecular weight excluding hydrogens is 186 g/mol. The normalized spacial score (nSPS) is 20.1. The first-order valence-corrected chi connectivity index (χ1v) is 4.31. The molecule has 0 unspecified atom stereocenters. The minimum atomic E-state index is -3.91. The molecular formula is C5H5NO5S. The second-order valence-electron chi connectivity index (χ2n) is 2.03. The molecule has 6 nitrogen and oxygen atoms in total. The predicted molar refractivity (Wildman–Crippen MR) is 39.2 cm³/mol. The lowest BCUT2D eigenvalue weighted by atomic mass is 10.3. The molecule has 1 aliphatic rings. The fourth-order valence-electron chi connectivity index (χ4n) is 0.669. The van der Waals surface area contributed by atoms with Gasteiger partial charge in [0.05, 0.1) is 11.5 Å². The summed E-state index contributed by atoms with van der Waals surface area (Å²) in [5.74, 6) is -1.43. The number of aliphatic hydroxyl groups excluding tert-OH is 1. The molecule has 0 aromatic carbocycles. The van der Waals surface area contributed by atoms with E-state index >= 15 is 0 Å². The summed E-state index contributed by atoms with van der Waals surface area (Å²) in [5, 5.41) is 16.8. The minimum Gasteiger partial charge on any atom is -0.476 e. The van der Waals surface area contributed by atoms with E-state index in [0.717, 1.165) is 6.08 Å². The molecule has 0 bridgehead atoms. The maximum Gasteiger partial charge on any atom is 0.355 e. The Bertz CT molecular complexity index is 377. The van der Waals surface area contributed by atoms with Crippen LogP contribution < -0.4 is 0 Å². The van der Waals surface area contributed by atoms with Gasteiger partial charge in [0, 0.05) is 0 Å². The summed E-state index contributed by atoms with van der Waals surface area (Å²) in [5.41, 5.74) is -0.570. The van der Waals surface area contributed by atoms with Crippen molar-refractivity contribution in [1.29, 1.82) is 0 Å². The summed E-state index contributed by atoms with van der Waals surface area (Å²) >= 11 is 0. The van der Waals surface area contributed by atoms with E-state index in [0.29, 0.717) is 0 Å². The number of hydrogen-bond acceptors (Lipinski definition) is 4. The topological polar surface area (TPSA) is 104 Å². The number of rotatable bonds is 2. The van der Waals surface area contributed by atoms with E-state index in [1.165, 1.54) is 0 Å². The van der Waals surface area contributed by atoms with E-state index in [1.807, 2.05) is 0 Å². The third-order valence-electron chi connectivity index (χ3n) is 1.22. The predicted octanol–water partition coefficient (Wildman–Crippen LogP) is -1.27. The molecule has 2 N–H and O–H groups in total. The molecule has 0 saturated carbocycles. The van der Waals surface area contributed by atoms with Gasteiger partial charge >= 0.3 is 5.97 Å². The Kier molecular flexibility index (Phi) is 1.99. The van der Waals surface area contributed by atoms with Crippen LogP contribution >= 0.6 is 0 Å². The number of hydrogen-bond donors (Lipinski definition) is 2. The summed E-state index contributed by atoms with van der Waals surface area (Å²) in [7, 11) is -3.91. The summed E-state index contributed by atoms with van der Waals surface area (Å²) < 4.78 is 24.6. The Hall–Kier alpha value is -1.21. The lowest BCUT2D eigenvalue weighted by molar-refractivity contribution is -0.129. The van der Waals surface area contributed by atoms with Gasteiger partial charge in [-0.25, -0.2) is 4.79 Å². The molecule has 0 amide bonds. The number of sulfonamides is 1.